The molecule has 0 unspecified atom stereocenters. The van der Waals surface area contributed by atoms with E-state index in [2.05, 4.69) is 10.3 Å². The van der Waals surface area contributed by atoms with E-state index in [0.717, 1.165) is 41.9 Å². The first-order valence-electron chi connectivity index (χ1n) is 8.38. The summed E-state index contributed by atoms with van der Waals surface area (Å²) in [7, 11) is 1.98. The average molecular weight is 430 g/mol. The topological polar surface area (TPSA) is 55.9 Å². The fourth-order valence-electron chi connectivity index (χ4n) is 2.72. The summed E-state index contributed by atoms with van der Waals surface area (Å²) in [4.78, 5) is 27.8. The highest BCUT2D eigenvalue weighted by atomic mass is 32.2. The molecule has 0 aromatic heterocycles. The van der Waals surface area contributed by atoms with E-state index in [0.29, 0.717) is 19.2 Å². The largest absolute Gasteiger partial charge is 0.304 e. The maximum absolute atomic E-state index is 13.8. The molecule has 3 rings (SSSR count). The lowest BCUT2D eigenvalue weighted by Gasteiger charge is -2.32. The molecule has 0 aliphatic carbocycles. The molecule has 150 valence electrons. The van der Waals surface area contributed by atoms with Gasteiger partial charge in [-0.1, -0.05) is 24.0 Å². The number of piperazine rings is 1. The van der Waals surface area contributed by atoms with Crippen molar-refractivity contribution in [3.8, 4) is 0 Å². The molecule has 2 heterocycles. The third-order valence-electron chi connectivity index (χ3n) is 4.32. The van der Waals surface area contributed by atoms with Crippen LogP contribution in [0.3, 0.4) is 0 Å². The molecule has 0 bridgehead atoms. The van der Waals surface area contributed by atoms with Gasteiger partial charge in [-0.25, -0.2) is 18.2 Å². The van der Waals surface area contributed by atoms with E-state index in [1.165, 1.54) is 0 Å². The summed E-state index contributed by atoms with van der Waals surface area (Å²) < 4.78 is 41.1. The number of amides is 2. The van der Waals surface area contributed by atoms with Crippen LogP contribution in [0.5, 0.6) is 0 Å². The Morgan fingerprint density at radius 1 is 1.21 bits per heavy atom. The lowest BCUT2D eigenvalue weighted by atomic mass is 10.1. The van der Waals surface area contributed by atoms with Crippen molar-refractivity contribution in [1.82, 2.24) is 20.2 Å². The molecule has 28 heavy (non-hydrogen) atoms. The quantitative estimate of drug-likeness (QED) is 0.445. The van der Waals surface area contributed by atoms with Crippen molar-refractivity contribution in [2.45, 2.75) is 0 Å². The molecule has 0 saturated carbocycles. The van der Waals surface area contributed by atoms with Crippen molar-refractivity contribution in [1.29, 1.82) is 0 Å². The van der Waals surface area contributed by atoms with Crippen LogP contribution in [0.15, 0.2) is 17.0 Å². The number of hydrogen-bond acceptors (Lipinski definition) is 6. The van der Waals surface area contributed by atoms with Gasteiger partial charge in [-0.05, 0) is 25.3 Å². The second-order valence-corrected chi connectivity index (χ2v) is 8.03. The minimum Gasteiger partial charge on any atom is -0.304 e. The number of nitrogens with one attached hydrogen (secondary N) is 1. The van der Waals surface area contributed by atoms with Gasteiger partial charge < -0.3 is 4.90 Å². The Morgan fingerprint density at radius 2 is 1.86 bits per heavy atom. The van der Waals surface area contributed by atoms with E-state index in [1.54, 1.807) is 5.01 Å². The van der Waals surface area contributed by atoms with Crippen LogP contribution in [0, 0.1) is 17.5 Å². The Morgan fingerprint density at radius 3 is 2.54 bits per heavy atom. The van der Waals surface area contributed by atoms with Crippen molar-refractivity contribution in [3.05, 3.63) is 40.1 Å². The molecule has 6 nitrogen and oxygen atoms in total. The van der Waals surface area contributed by atoms with Crippen LogP contribution in [0.4, 0.5) is 13.2 Å². The Kier molecular flexibility index (Phi) is 6.38. The summed E-state index contributed by atoms with van der Waals surface area (Å²) in [6, 6.07) is 1.43. The molecule has 2 aliphatic rings. The lowest BCUT2D eigenvalue weighted by molar-refractivity contribution is -0.132. The minimum absolute atomic E-state index is 0.0826. The molecular weight excluding hydrogens is 413 g/mol. The first-order chi connectivity index (χ1) is 13.3. The second kappa shape index (κ2) is 8.60. The molecule has 0 spiro atoms. The number of halogens is 3. The normalized spacial score (nSPS) is 20.3. The van der Waals surface area contributed by atoms with Gasteiger partial charge in [0.15, 0.2) is 11.6 Å². The molecule has 2 saturated heterocycles. The fraction of sp³-hybridized carbons (Fsp3) is 0.353. The third kappa shape index (κ3) is 4.54. The number of thioether (sulfide) groups is 1. The number of rotatable bonds is 4. The van der Waals surface area contributed by atoms with E-state index in [4.69, 9.17) is 12.2 Å². The molecule has 2 fully saturated rings. The number of hydrogen-bond donors (Lipinski definition) is 1. The van der Waals surface area contributed by atoms with Gasteiger partial charge in [-0.15, -0.1) is 0 Å². The van der Waals surface area contributed by atoms with Gasteiger partial charge in [0.05, 0.1) is 10.5 Å². The maximum atomic E-state index is 13.8. The van der Waals surface area contributed by atoms with Crippen molar-refractivity contribution < 1.29 is 22.8 Å². The highest BCUT2D eigenvalue weighted by Gasteiger charge is 2.34. The average Bonchev–Trinajstić information content (AvgIpc) is 2.91. The molecule has 11 heteroatoms. The molecule has 2 amide bonds. The van der Waals surface area contributed by atoms with E-state index >= 15 is 0 Å². The first-order valence-corrected chi connectivity index (χ1v) is 9.60. The number of nitrogens with zero attached hydrogens (tertiary/aromatic N) is 3. The van der Waals surface area contributed by atoms with Crippen LogP contribution in [-0.4, -0.2) is 70.7 Å². The molecule has 0 atom stereocenters. The van der Waals surface area contributed by atoms with Crippen LogP contribution in [-0.2, 0) is 9.59 Å². The van der Waals surface area contributed by atoms with Crippen molar-refractivity contribution in [2.75, 3.05) is 39.8 Å². The summed E-state index contributed by atoms with van der Waals surface area (Å²) in [6.45, 7) is 2.59. The summed E-state index contributed by atoms with van der Waals surface area (Å²) in [5.41, 5.74) is 2.05. The Hall–Kier alpha value is -1.95. The van der Waals surface area contributed by atoms with Gasteiger partial charge in [-0.2, -0.15) is 0 Å². The summed E-state index contributed by atoms with van der Waals surface area (Å²) in [5, 5.41) is 1.76. The highest BCUT2D eigenvalue weighted by Crippen LogP contribution is 2.33. The lowest BCUT2D eigenvalue weighted by Crippen LogP contribution is -2.54. The van der Waals surface area contributed by atoms with Crippen LogP contribution in [0.25, 0.3) is 6.08 Å². The Labute approximate surface area is 169 Å². The monoisotopic (exact) mass is 430 g/mol. The van der Waals surface area contributed by atoms with E-state index in [9.17, 15) is 22.8 Å². The summed E-state index contributed by atoms with van der Waals surface area (Å²) in [5.74, 6) is -4.71. The van der Waals surface area contributed by atoms with Gasteiger partial charge >= 0.3 is 0 Å². The smallest absolute Gasteiger partial charge is 0.266 e. The number of benzene rings is 1. The van der Waals surface area contributed by atoms with E-state index < -0.39 is 34.8 Å². The summed E-state index contributed by atoms with van der Waals surface area (Å²) >= 11 is 5.91. The zero-order chi connectivity index (χ0) is 20.4. The van der Waals surface area contributed by atoms with Crippen molar-refractivity contribution in [2.24, 2.45) is 0 Å². The van der Waals surface area contributed by atoms with Crippen LogP contribution >= 0.6 is 24.0 Å². The second-order valence-electron chi connectivity index (χ2n) is 6.35. The third-order valence-corrected chi connectivity index (χ3v) is 5.69. The van der Waals surface area contributed by atoms with Gasteiger partial charge in [0, 0.05) is 26.2 Å². The number of thiocarbonyl (C=S) groups is 1. The predicted molar refractivity (Wildman–Crippen MR) is 103 cm³/mol. The number of hydrazine groups is 1. The van der Waals surface area contributed by atoms with Gasteiger partial charge in [-0.3, -0.25) is 19.9 Å². The summed E-state index contributed by atoms with van der Waals surface area (Å²) in [6.07, 6.45) is 0.908. The Bertz CT molecular complexity index is 857. The predicted octanol–water partition coefficient (Wildman–Crippen LogP) is 1.58. The Balaban J connectivity index is 1.68. The SMILES string of the molecule is CN1CCN(NC(=O)CN2C(=O)/C(=C/c3c(F)ccc(F)c3F)SC2=S)CC1. The molecule has 1 aromatic carbocycles. The van der Waals surface area contributed by atoms with Crippen LogP contribution in [0.1, 0.15) is 5.56 Å². The standard InChI is InChI=1S/C17H17F3N4O2S2/c1-22-4-6-23(7-5-22)21-14(25)9-24-16(26)13(28-17(24)27)8-10-11(18)2-3-12(19)15(10)20/h2-3,8H,4-7,9H2,1H3,(H,21,25)/b13-8-. The number of likely N-dealkylation sites (N-methyl/N-ethyl adjacent to an activating group) is 1. The van der Waals surface area contributed by atoms with E-state index in [-0.39, 0.29) is 15.8 Å². The molecule has 0 radical (unpaired) electrons. The van der Waals surface area contributed by atoms with Crippen LogP contribution < -0.4 is 5.43 Å². The molecule has 1 N–H and O–H groups in total. The van der Waals surface area contributed by atoms with Gasteiger partial charge in [0.2, 0.25) is 0 Å². The molecule has 2 aliphatic heterocycles. The first kappa shape index (κ1) is 20.8. The molecule has 1 aromatic rings. The fourth-order valence-corrected chi connectivity index (χ4v) is 3.95. The highest BCUT2D eigenvalue weighted by molar-refractivity contribution is 8.26. The molecular formula is C17H17F3N4O2S2. The van der Waals surface area contributed by atoms with Crippen LogP contribution in [0.2, 0.25) is 0 Å². The number of carbonyl (C=O) groups excluding carboxylic acids is 2. The maximum Gasteiger partial charge on any atom is 0.266 e. The van der Waals surface area contributed by atoms with Crippen molar-refractivity contribution >= 4 is 46.2 Å². The minimum atomic E-state index is -1.39. The number of carbonyl (C=O) groups is 2. The zero-order valence-electron chi connectivity index (χ0n) is 14.9. The zero-order valence-corrected chi connectivity index (χ0v) is 16.5. The van der Waals surface area contributed by atoms with E-state index in [1.807, 2.05) is 7.05 Å². The van der Waals surface area contributed by atoms with Gasteiger partial charge in [0.25, 0.3) is 11.8 Å². The van der Waals surface area contributed by atoms with Crippen molar-refractivity contribution in [3.63, 3.8) is 0 Å². The van der Waals surface area contributed by atoms with Gasteiger partial charge in [0.1, 0.15) is 16.7 Å².